The summed E-state index contributed by atoms with van der Waals surface area (Å²) >= 11 is 0. The predicted octanol–water partition coefficient (Wildman–Crippen LogP) is 1.51. The van der Waals surface area contributed by atoms with Gasteiger partial charge >= 0.3 is 0 Å². The molecule has 0 unspecified atom stereocenters. The summed E-state index contributed by atoms with van der Waals surface area (Å²) in [5.41, 5.74) is 0. The lowest BCUT2D eigenvalue weighted by Gasteiger charge is -2.17. The highest BCUT2D eigenvalue weighted by atomic mass is 15.6. The molecule has 1 saturated heterocycles. The molecule has 2 heteroatoms. The maximum atomic E-state index is 3.75. The first kappa shape index (κ1) is 9.49. The highest BCUT2D eigenvalue weighted by molar-refractivity contribution is 4.83. The zero-order chi connectivity index (χ0) is 8.81. The molecule has 1 radical (unpaired) electrons. The van der Waals surface area contributed by atoms with E-state index >= 15 is 0 Å². The standard InChI is InChI=1S/C10H18N2/c1-3-7-11(8-4-2)12-9-5-6-10-12/h3-4H,1-2,5-10H2/q+1. The van der Waals surface area contributed by atoms with Crippen molar-refractivity contribution in [3.63, 3.8) is 0 Å². The lowest BCUT2D eigenvalue weighted by molar-refractivity contribution is 0.120. The van der Waals surface area contributed by atoms with Crippen molar-refractivity contribution in [2.45, 2.75) is 12.8 Å². The van der Waals surface area contributed by atoms with Gasteiger partial charge in [-0.15, -0.1) is 5.01 Å². The van der Waals surface area contributed by atoms with Crippen LogP contribution < -0.4 is 5.01 Å². The van der Waals surface area contributed by atoms with Gasteiger partial charge in [-0.2, -0.15) is 0 Å². The third-order valence-electron chi connectivity index (χ3n) is 2.16. The van der Waals surface area contributed by atoms with Gasteiger partial charge in [-0.25, -0.2) is 0 Å². The average molecular weight is 166 g/mol. The summed E-state index contributed by atoms with van der Waals surface area (Å²) in [4.78, 5) is 0. The Hall–Kier alpha value is -0.600. The number of hydrogen-bond acceptors (Lipinski definition) is 2. The molecule has 0 atom stereocenters. The van der Waals surface area contributed by atoms with E-state index in [1.807, 2.05) is 12.2 Å². The van der Waals surface area contributed by atoms with Gasteiger partial charge in [0.1, 0.15) is 0 Å². The van der Waals surface area contributed by atoms with E-state index in [1.165, 1.54) is 25.9 Å². The Bertz CT molecular complexity index is 138. The second-order valence-corrected chi connectivity index (χ2v) is 3.11. The first-order valence-corrected chi connectivity index (χ1v) is 4.60. The molecule has 1 heterocycles. The SMILES string of the molecule is C=CC[N+](CC=C)N1CCCC1. The van der Waals surface area contributed by atoms with E-state index in [-0.39, 0.29) is 0 Å². The fourth-order valence-electron chi connectivity index (χ4n) is 1.59. The fourth-order valence-corrected chi connectivity index (χ4v) is 1.59. The molecule has 0 N–H and O–H groups in total. The maximum Gasteiger partial charge on any atom is 0.163 e. The van der Waals surface area contributed by atoms with Crippen LogP contribution in [0.5, 0.6) is 0 Å². The first-order chi connectivity index (χ1) is 5.88. The molecule has 1 rings (SSSR count). The van der Waals surface area contributed by atoms with Gasteiger partial charge in [-0.3, -0.25) is 0 Å². The minimum Gasteiger partial charge on any atom is -0.106 e. The summed E-state index contributed by atoms with van der Waals surface area (Å²) in [6, 6.07) is 0. The van der Waals surface area contributed by atoms with Gasteiger partial charge in [0, 0.05) is 0 Å². The van der Waals surface area contributed by atoms with Crippen molar-refractivity contribution in [1.82, 2.24) is 10.0 Å². The number of hydrogen-bond donors (Lipinski definition) is 0. The largest absolute Gasteiger partial charge is 0.163 e. The molecule has 1 aliphatic rings. The number of hydrazine groups is 1. The van der Waals surface area contributed by atoms with Gasteiger partial charge in [0.2, 0.25) is 0 Å². The van der Waals surface area contributed by atoms with Crippen LogP contribution in [0.25, 0.3) is 0 Å². The highest BCUT2D eigenvalue weighted by Crippen LogP contribution is 2.08. The summed E-state index contributed by atoms with van der Waals surface area (Å²) < 4.78 is 0. The molecular formula is C10H18N2+. The van der Waals surface area contributed by atoms with Crippen molar-refractivity contribution in [3.05, 3.63) is 25.3 Å². The van der Waals surface area contributed by atoms with Crippen LogP contribution in [0.15, 0.2) is 25.3 Å². The Kier molecular flexibility index (Phi) is 4.05. The van der Waals surface area contributed by atoms with Crippen LogP contribution in [0.2, 0.25) is 0 Å². The van der Waals surface area contributed by atoms with Crippen LogP contribution in [0.4, 0.5) is 0 Å². The molecule has 1 fully saturated rings. The summed E-state index contributed by atoms with van der Waals surface area (Å²) in [7, 11) is 0. The van der Waals surface area contributed by atoms with Gasteiger partial charge in [-0.1, -0.05) is 18.2 Å². The molecular weight excluding hydrogens is 148 g/mol. The van der Waals surface area contributed by atoms with Crippen LogP contribution in [-0.4, -0.2) is 31.2 Å². The van der Waals surface area contributed by atoms with Crippen LogP contribution in [0.1, 0.15) is 12.8 Å². The molecule has 0 saturated carbocycles. The normalized spacial score (nSPS) is 18.4. The van der Waals surface area contributed by atoms with Gasteiger partial charge < -0.3 is 0 Å². The summed E-state index contributed by atoms with van der Waals surface area (Å²) in [5.74, 6) is 0. The van der Waals surface area contributed by atoms with Crippen LogP contribution in [0, 0.1) is 0 Å². The minimum atomic E-state index is 0.937. The monoisotopic (exact) mass is 166 g/mol. The summed E-state index contributed by atoms with van der Waals surface area (Å²) in [6.07, 6.45) is 6.54. The van der Waals surface area contributed by atoms with Crippen molar-refractivity contribution >= 4 is 0 Å². The summed E-state index contributed by atoms with van der Waals surface area (Å²) in [5, 5.41) is 4.69. The average Bonchev–Trinajstić information content (AvgIpc) is 2.56. The Morgan fingerprint density at radius 2 is 1.58 bits per heavy atom. The lowest BCUT2D eigenvalue weighted by Crippen LogP contribution is -2.46. The number of nitrogens with zero attached hydrogens (tertiary/aromatic N) is 2. The molecule has 67 valence electrons. The topological polar surface area (TPSA) is 9.14 Å². The molecule has 0 amide bonds. The Balaban J connectivity index is 2.38. The van der Waals surface area contributed by atoms with E-state index in [0.29, 0.717) is 0 Å². The molecule has 0 aromatic heterocycles. The zero-order valence-corrected chi connectivity index (χ0v) is 7.71. The lowest BCUT2D eigenvalue weighted by atomic mass is 10.4. The molecule has 2 nitrogen and oxygen atoms in total. The third-order valence-corrected chi connectivity index (χ3v) is 2.16. The molecule has 0 bridgehead atoms. The molecule has 1 aliphatic heterocycles. The second-order valence-electron chi connectivity index (χ2n) is 3.11. The van der Waals surface area contributed by atoms with E-state index in [1.54, 1.807) is 0 Å². The van der Waals surface area contributed by atoms with Crippen molar-refractivity contribution < 1.29 is 0 Å². The fraction of sp³-hybridized carbons (Fsp3) is 0.600. The predicted molar refractivity (Wildman–Crippen MR) is 53.1 cm³/mol. The van der Waals surface area contributed by atoms with Crippen LogP contribution in [-0.2, 0) is 0 Å². The van der Waals surface area contributed by atoms with E-state index in [0.717, 1.165) is 13.1 Å². The molecule has 0 aliphatic carbocycles. The van der Waals surface area contributed by atoms with E-state index < -0.39 is 0 Å². The Morgan fingerprint density at radius 1 is 1.08 bits per heavy atom. The van der Waals surface area contributed by atoms with Crippen LogP contribution >= 0.6 is 0 Å². The van der Waals surface area contributed by atoms with E-state index in [9.17, 15) is 0 Å². The van der Waals surface area contributed by atoms with Crippen molar-refractivity contribution in [1.29, 1.82) is 0 Å². The third kappa shape index (κ3) is 2.47. The number of rotatable bonds is 5. The maximum absolute atomic E-state index is 3.75. The van der Waals surface area contributed by atoms with Gasteiger partial charge in [0.05, 0.1) is 13.1 Å². The molecule has 12 heavy (non-hydrogen) atoms. The summed E-state index contributed by atoms with van der Waals surface area (Å²) in [6.45, 7) is 11.8. The van der Waals surface area contributed by atoms with Crippen molar-refractivity contribution in [2.75, 3.05) is 26.2 Å². The molecule has 0 aromatic carbocycles. The quantitative estimate of drug-likeness (QED) is 0.444. The molecule has 0 aromatic rings. The van der Waals surface area contributed by atoms with Crippen molar-refractivity contribution in [2.24, 2.45) is 0 Å². The van der Waals surface area contributed by atoms with Gasteiger partial charge in [0.25, 0.3) is 0 Å². The Morgan fingerprint density at radius 3 is 2.00 bits per heavy atom. The highest BCUT2D eigenvalue weighted by Gasteiger charge is 2.25. The van der Waals surface area contributed by atoms with E-state index in [2.05, 4.69) is 23.2 Å². The zero-order valence-electron chi connectivity index (χ0n) is 7.71. The Labute approximate surface area is 75.1 Å². The van der Waals surface area contributed by atoms with Gasteiger partial charge in [-0.05, 0) is 25.0 Å². The van der Waals surface area contributed by atoms with E-state index in [4.69, 9.17) is 0 Å². The second kappa shape index (κ2) is 5.12. The van der Waals surface area contributed by atoms with Crippen molar-refractivity contribution in [3.8, 4) is 0 Å². The molecule has 0 spiro atoms. The minimum absolute atomic E-state index is 0.937. The van der Waals surface area contributed by atoms with Crippen LogP contribution in [0.3, 0.4) is 0 Å². The van der Waals surface area contributed by atoms with Gasteiger partial charge in [0.15, 0.2) is 13.1 Å². The first-order valence-electron chi connectivity index (χ1n) is 4.60. The smallest absolute Gasteiger partial charge is 0.106 e.